The van der Waals surface area contributed by atoms with Gasteiger partial charge in [0.15, 0.2) is 0 Å². The minimum Gasteiger partial charge on any atom is -0.481 e. The molecular weight excluding hydrogens is 208 g/mol. The SMILES string of the molecule is CCN(C(=O)NC(C)(C)CC(=O)O)C(C)C. The predicted octanol–water partition coefficient (Wildman–Crippen LogP) is 1.68. The minimum atomic E-state index is -0.919. The maximum atomic E-state index is 11.8. The van der Waals surface area contributed by atoms with Crippen LogP contribution >= 0.6 is 0 Å². The standard InChI is InChI=1S/C11H22N2O3/c1-6-13(8(2)3)10(16)12-11(4,5)7-9(14)15/h8H,6-7H2,1-5H3,(H,12,16)(H,14,15). The molecule has 0 bridgehead atoms. The molecule has 2 amide bonds. The molecule has 0 aliphatic carbocycles. The van der Waals surface area contributed by atoms with Gasteiger partial charge in [-0.25, -0.2) is 4.79 Å². The summed E-state index contributed by atoms with van der Waals surface area (Å²) in [6, 6.07) is -0.116. The highest BCUT2D eigenvalue weighted by atomic mass is 16.4. The summed E-state index contributed by atoms with van der Waals surface area (Å²) in [6.07, 6.45) is -0.0889. The van der Waals surface area contributed by atoms with Crippen molar-refractivity contribution in [1.82, 2.24) is 10.2 Å². The number of rotatable bonds is 5. The Morgan fingerprint density at radius 2 is 1.88 bits per heavy atom. The zero-order chi connectivity index (χ0) is 12.9. The van der Waals surface area contributed by atoms with Crippen LogP contribution in [0.15, 0.2) is 0 Å². The van der Waals surface area contributed by atoms with Gasteiger partial charge in [-0.3, -0.25) is 4.79 Å². The van der Waals surface area contributed by atoms with Gasteiger partial charge < -0.3 is 15.3 Å². The van der Waals surface area contributed by atoms with E-state index >= 15 is 0 Å². The molecule has 0 aromatic rings. The van der Waals surface area contributed by atoms with E-state index in [1.807, 2.05) is 20.8 Å². The number of aliphatic carboxylic acids is 1. The molecule has 0 spiro atoms. The molecule has 5 heteroatoms. The van der Waals surface area contributed by atoms with E-state index in [0.29, 0.717) is 6.54 Å². The number of urea groups is 1. The molecule has 0 aliphatic rings. The lowest BCUT2D eigenvalue weighted by molar-refractivity contribution is -0.138. The van der Waals surface area contributed by atoms with Gasteiger partial charge in [0.25, 0.3) is 0 Å². The zero-order valence-electron chi connectivity index (χ0n) is 10.7. The Balaban J connectivity index is 4.47. The fourth-order valence-corrected chi connectivity index (χ4v) is 1.53. The van der Waals surface area contributed by atoms with Gasteiger partial charge >= 0.3 is 12.0 Å². The maximum absolute atomic E-state index is 11.8. The Kier molecular flexibility index (Phi) is 5.27. The molecule has 0 heterocycles. The van der Waals surface area contributed by atoms with Gasteiger partial charge in [-0.15, -0.1) is 0 Å². The summed E-state index contributed by atoms with van der Waals surface area (Å²) in [7, 11) is 0. The second kappa shape index (κ2) is 5.72. The van der Waals surface area contributed by atoms with Gasteiger partial charge in [-0.1, -0.05) is 0 Å². The molecule has 0 aromatic heterocycles. The highest BCUT2D eigenvalue weighted by Gasteiger charge is 2.26. The number of nitrogens with one attached hydrogen (secondary N) is 1. The van der Waals surface area contributed by atoms with Crippen LogP contribution in [0.5, 0.6) is 0 Å². The van der Waals surface area contributed by atoms with Crippen LogP contribution in [0.25, 0.3) is 0 Å². The lowest BCUT2D eigenvalue weighted by Gasteiger charge is -2.31. The Hall–Kier alpha value is -1.26. The largest absolute Gasteiger partial charge is 0.481 e. The van der Waals surface area contributed by atoms with Crippen LogP contribution in [-0.2, 0) is 4.79 Å². The number of amides is 2. The van der Waals surface area contributed by atoms with Crippen LogP contribution in [0, 0.1) is 0 Å². The van der Waals surface area contributed by atoms with Crippen molar-refractivity contribution in [2.75, 3.05) is 6.54 Å². The number of carboxylic acids is 1. The molecule has 0 rings (SSSR count). The molecule has 0 radical (unpaired) electrons. The topological polar surface area (TPSA) is 69.6 Å². The monoisotopic (exact) mass is 230 g/mol. The highest BCUT2D eigenvalue weighted by molar-refractivity contribution is 5.77. The van der Waals surface area contributed by atoms with Crippen LogP contribution in [0.1, 0.15) is 41.0 Å². The third kappa shape index (κ3) is 5.00. The third-order valence-electron chi connectivity index (χ3n) is 2.26. The summed E-state index contributed by atoms with van der Waals surface area (Å²) in [6.45, 7) is 9.75. The lowest BCUT2D eigenvalue weighted by Crippen LogP contribution is -2.52. The number of hydrogen-bond acceptors (Lipinski definition) is 2. The molecule has 2 N–H and O–H groups in total. The average Bonchev–Trinajstić information content (AvgIpc) is 1.99. The fourth-order valence-electron chi connectivity index (χ4n) is 1.53. The smallest absolute Gasteiger partial charge is 0.318 e. The van der Waals surface area contributed by atoms with E-state index < -0.39 is 11.5 Å². The second-order valence-electron chi connectivity index (χ2n) is 4.76. The van der Waals surface area contributed by atoms with Gasteiger partial charge in [0.2, 0.25) is 0 Å². The van der Waals surface area contributed by atoms with Crippen molar-refractivity contribution in [3.8, 4) is 0 Å². The van der Waals surface area contributed by atoms with Gasteiger partial charge in [0, 0.05) is 18.1 Å². The molecule has 0 fully saturated rings. The van der Waals surface area contributed by atoms with Crippen molar-refractivity contribution in [2.24, 2.45) is 0 Å². The maximum Gasteiger partial charge on any atom is 0.318 e. The van der Waals surface area contributed by atoms with Crippen molar-refractivity contribution in [3.63, 3.8) is 0 Å². The first-order chi connectivity index (χ1) is 7.19. The fraction of sp³-hybridized carbons (Fsp3) is 0.818. The Labute approximate surface area is 96.8 Å². The quantitative estimate of drug-likeness (QED) is 0.755. The molecule has 0 saturated heterocycles. The van der Waals surface area contributed by atoms with Crippen molar-refractivity contribution >= 4 is 12.0 Å². The van der Waals surface area contributed by atoms with Crippen LogP contribution in [0.4, 0.5) is 4.79 Å². The molecule has 5 nitrogen and oxygen atoms in total. The Morgan fingerprint density at radius 3 is 2.19 bits per heavy atom. The number of carbonyl (C=O) groups is 2. The summed E-state index contributed by atoms with van der Waals surface area (Å²) < 4.78 is 0. The minimum absolute atomic E-state index is 0.0889. The molecule has 0 aromatic carbocycles. The number of nitrogens with zero attached hydrogens (tertiary/aromatic N) is 1. The third-order valence-corrected chi connectivity index (χ3v) is 2.26. The van der Waals surface area contributed by atoms with Gasteiger partial charge in [-0.2, -0.15) is 0 Å². The van der Waals surface area contributed by atoms with E-state index in [2.05, 4.69) is 5.32 Å². The van der Waals surface area contributed by atoms with Gasteiger partial charge in [0.05, 0.1) is 6.42 Å². The van der Waals surface area contributed by atoms with E-state index in [-0.39, 0.29) is 18.5 Å². The summed E-state index contributed by atoms with van der Waals surface area (Å²) in [4.78, 5) is 24.1. The molecular formula is C11H22N2O3. The van der Waals surface area contributed by atoms with Crippen molar-refractivity contribution < 1.29 is 14.7 Å². The molecule has 0 aliphatic heterocycles. The molecule has 0 atom stereocenters. The van der Waals surface area contributed by atoms with Crippen LogP contribution < -0.4 is 5.32 Å². The van der Waals surface area contributed by atoms with Crippen molar-refractivity contribution in [1.29, 1.82) is 0 Å². The number of hydrogen-bond donors (Lipinski definition) is 2. The van der Waals surface area contributed by atoms with Gasteiger partial charge in [0.1, 0.15) is 0 Å². The molecule has 16 heavy (non-hydrogen) atoms. The normalized spacial score (nSPS) is 11.4. The molecule has 94 valence electrons. The van der Waals surface area contributed by atoms with Crippen molar-refractivity contribution in [2.45, 2.75) is 52.6 Å². The van der Waals surface area contributed by atoms with E-state index in [4.69, 9.17) is 5.11 Å². The van der Waals surface area contributed by atoms with E-state index in [0.717, 1.165) is 0 Å². The zero-order valence-corrected chi connectivity index (χ0v) is 10.7. The summed E-state index contributed by atoms with van der Waals surface area (Å²) in [5, 5.41) is 11.4. The van der Waals surface area contributed by atoms with Crippen LogP contribution in [-0.4, -0.2) is 40.1 Å². The first kappa shape index (κ1) is 14.7. The predicted molar refractivity (Wildman–Crippen MR) is 62.4 cm³/mol. The van der Waals surface area contributed by atoms with Crippen molar-refractivity contribution in [3.05, 3.63) is 0 Å². The first-order valence-electron chi connectivity index (χ1n) is 5.50. The highest BCUT2D eigenvalue weighted by Crippen LogP contribution is 2.10. The molecule has 0 unspecified atom stereocenters. The summed E-state index contributed by atoms with van der Waals surface area (Å²) in [5.41, 5.74) is -0.731. The lowest BCUT2D eigenvalue weighted by atomic mass is 10.0. The first-order valence-corrected chi connectivity index (χ1v) is 5.50. The summed E-state index contributed by atoms with van der Waals surface area (Å²) in [5.74, 6) is -0.919. The number of carboxylic acid groups (broad SMARTS) is 1. The van der Waals surface area contributed by atoms with E-state index in [1.165, 1.54) is 0 Å². The Bertz CT molecular complexity index is 262. The van der Waals surface area contributed by atoms with Gasteiger partial charge in [-0.05, 0) is 34.6 Å². The Morgan fingerprint density at radius 1 is 1.38 bits per heavy atom. The average molecular weight is 230 g/mol. The second-order valence-corrected chi connectivity index (χ2v) is 4.76. The number of carbonyl (C=O) groups excluding carboxylic acids is 1. The molecule has 0 saturated carbocycles. The van der Waals surface area contributed by atoms with E-state index in [1.54, 1.807) is 18.7 Å². The van der Waals surface area contributed by atoms with Crippen LogP contribution in [0.3, 0.4) is 0 Å². The van der Waals surface area contributed by atoms with E-state index in [9.17, 15) is 9.59 Å². The summed E-state index contributed by atoms with van der Waals surface area (Å²) >= 11 is 0. The van der Waals surface area contributed by atoms with Crippen LogP contribution in [0.2, 0.25) is 0 Å².